The summed E-state index contributed by atoms with van der Waals surface area (Å²) in [5, 5.41) is 0. The first-order valence-electron chi connectivity index (χ1n) is 5.13. The van der Waals surface area contributed by atoms with Crippen LogP contribution in [0.4, 0.5) is 0 Å². The number of quaternary nitrogens is 1. The van der Waals surface area contributed by atoms with Gasteiger partial charge in [0.15, 0.2) is 13.0 Å². The van der Waals surface area contributed by atoms with Crippen molar-refractivity contribution in [3.05, 3.63) is 0 Å². The first-order valence-corrected chi connectivity index (χ1v) is 5.13. The van der Waals surface area contributed by atoms with Crippen molar-refractivity contribution in [2.45, 2.75) is 34.0 Å². The average Bonchev–Trinajstić information content (AvgIpc) is 2.20. The van der Waals surface area contributed by atoms with Gasteiger partial charge in [-0.1, -0.05) is 0 Å². The van der Waals surface area contributed by atoms with Crippen molar-refractivity contribution in [1.29, 1.82) is 0 Å². The molecule has 0 saturated heterocycles. The van der Waals surface area contributed by atoms with E-state index in [1.165, 1.54) is 0 Å². The Morgan fingerprint density at radius 2 is 1.54 bits per heavy atom. The van der Waals surface area contributed by atoms with Crippen LogP contribution >= 0.6 is 0 Å². The van der Waals surface area contributed by atoms with Gasteiger partial charge in [-0.25, -0.2) is 0 Å². The Balaban J connectivity index is 3.95. The Kier molecular flexibility index (Phi) is 6.29. The highest BCUT2D eigenvalue weighted by atomic mass is 16.7. The van der Waals surface area contributed by atoms with Gasteiger partial charge in [-0.2, -0.15) is 0 Å². The van der Waals surface area contributed by atoms with Crippen LogP contribution < -0.4 is 0 Å². The molecular weight excluding hydrogens is 166 g/mol. The van der Waals surface area contributed by atoms with Crippen LogP contribution in [0.3, 0.4) is 0 Å². The molecule has 0 aromatic heterocycles. The zero-order valence-corrected chi connectivity index (χ0v) is 9.67. The number of ether oxygens (including phenoxy) is 2. The summed E-state index contributed by atoms with van der Waals surface area (Å²) in [4.78, 5) is 0. The summed E-state index contributed by atoms with van der Waals surface area (Å²) in [6, 6.07) is 0. The van der Waals surface area contributed by atoms with Crippen molar-refractivity contribution in [2.75, 3.05) is 33.5 Å². The topological polar surface area (TPSA) is 18.5 Å². The van der Waals surface area contributed by atoms with Crippen LogP contribution in [0.1, 0.15) is 27.7 Å². The standard InChI is InChI=1S/C10H24NO2/c1-6-11(7-2,8-3)9-13-10(4)12-5/h10H,6-9H2,1-5H3/q+1. The maximum absolute atomic E-state index is 5.58. The molecule has 1 unspecified atom stereocenters. The van der Waals surface area contributed by atoms with E-state index in [1.54, 1.807) is 7.11 Å². The molecule has 0 aromatic carbocycles. The van der Waals surface area contributed by atoms with E-state index in [0.29, 0.717) is 0 Å². The zero-order valence-electron chi connectivity index (χ0n) is 9.67. The maximum Gasteiger partial charge on any atom is 0.185 e. The van der Waals surface area contributed by atoms with Gasteiger partial charge >= 0.3 is 0 Å². The highest BCUT2D eigenvalue weighted by molar-refractivity contribution is 4.32. The molecule has 0 N–H and O–H groups in total. The van der Waals surface area contributed by atoms with E-state index >= 15 is 0 Å². The second-order valence-corrected chi connectivity index (χ2v) is 3.39. The number of nitrogens with zero attached hydrogens (tertiary/aromatic N) is 1. The third-order valence-electron chi connectivity index (χ3n) is 2.93. The van der Waals surface area contributed by atoms with Gasteiger partial charge in [0.1, 0.15) is 0 Å². The quantitative estimate of drug-likeness (QED) is 0.450. The molecule has 0 aliphatic rings. The average molecular weight is 190 g/mol. The van der Waals surface area contributed by atoms with Gasteiger partial charge in [-0.05, 0) is 27.7 Å². The van der Waals surface area contributed by atoms with Crippen LogP contribution in [-0.2, 0) is 9.47 Å². The molecule has 0 aliphatic heterocycles. The van der Waals surface area contributed by atoms with Crippen LogP contribution in [0.25, 0.3) is 0 Å². The fourth-order valence-corrected chi connectivity index (χ4v) is 1.28. The molecule has 0 radical (unpaired) electrons. The Bertz CT molecular complexity index is 116. The van der Waals surface area contributed by atoms with Gasteiger partial charge in [0.25, 0.3) is 0 Å². The molecule has 0 saturated carbocycles. The molecule has 0 amide bonds. The fraction of sp³-hybridized carbons (Fsp3) is 1.00. The van der Waals surface area contributed by atoms with E-state index in [4.69, 9.17) is 9.47 Å². The summed E-state index contributed by atoms with van der Waals surface area (Å²) >= 11 is 0. The van der Waals surface area contributed by atoms with E-state index in [1.807, 2.05) is 6.92 Å². The van der Waals surface area contributed by atoms with Crippen LogP contribution in [0.2, 0.25) is 0 Å². The zero-order chi connectivity index (χ0) is 10.3. The molecule has 3 nitrogen and oxygen atoms in total. The first kappa shape index (κ1) is 12.9. The lowest BCUT2D eigenvalue weighted by molar-refractivity contribution is -0.942. The molecule has 0 aromatic rings. The van der Waals surface area contributed by atoms with Gasteiger partial charge < -0.3 is 14.0 Å². The van der Waals surface area contributed by atoms with E-state index in [9.17, 15) is 0 Å². The number of hydrogen-bond donors (Lipinski definition) is 0. The van der Waals surface area contributed by atoms with E-state index < -0.39 is 0 Å². The highest BCUT2D eigenvalue weighted by Crippen LogP contribution is 2.07. The predicted molar refractivity (Wildman–Crippen MR) is 54.3 cm³/mol. The monoisotopic (exact) mass is 190 g/mol. The molecule has 13 heavy (non-hydrogen) atoms. The summed E-state index contributed by atoms with van der Waals surface area (Å²) in [6.07, 6.45) is -0.0952. The van der Waals surface area contributed by atoms with E-state index in [0.717, 1.165) is 30.8 Å². The molecule has 0 bridgehead atoms. The van der Waals surface area contributed by atoms with Gasteiger partial charge in [-0.3, -0.25) is 0 Å². The van der Waals surface area contributed by atoms with Crippen LogP contribution in [-0.4, -0.2) is 44.2 Å². The van der Waals surface area contributed by atoms with E-state index in [-0.39, 0.29) is 6.29 Å². The molecule has 80 valence electrons. The number of rotatable bonds is 7. The van der Waals surface area contributed by atoms with Gasteiger partial charge in [0.05, 0.1) is 19.6 Å². The van der Waals surface area contributed by atoms with Crippen LogP contribution in [0.5, 0.6) is 0 Å². The highest BCUT2D eigenvalue weighted by Gasteiger charge is 2.21. The van der Waals surface area contributed by atoms with Crippen molar-refractivity contribution in [1.82, 2.24) is 0 Å². The van der Waals surface area contributed by atoms with Crippen molar-refractivity contribution >= 4 is 0 Å². The molecular formula is C10H24NO2+. The Labute approximate surface area is 82.2 Å². The third-order valence-corrected chi connectivity index (χ3v) is 2.93. The molecule has 0 spiro atoms. The van der Waals surface area contributed by atoms with Gasteiger partial charge in [0, 0.05) is 7.11 Å². The van der Waals surface area contributed by atoms with Gasteiger partial charge in [0.2, 0.25) is 0 Å². The van der Waals surface area contributed by atoms with Crippen molar-refractivity contribution in [3.63, 3.8) is 0 Å². The predicted octanol–water partition coefficient (Wildman–Crippen LogP) is 1.83. The molecule has 0 rings (SSSR count). The normalized spacial score (nSPS) is 14.5. The summed E-state index contributed by atoms with van der Waals surface area (Å²) < 4.78 is 11.6. The fourth-order valence-electron chi connectivity index (χ4n) is 1.28. The van der Waals surface area contributed by atoms with Gasteiger partial charge in [-0.15, -0.1) is 0 Å². The second kappa shape index (κ2) is 6.35. The smallest absolute Gasteiger partial charge is 0.185 e. The third kappa shape index (κ3) is 4.07. The van der Waals surface area contributed by atoms with Crippen LogP contribution in [0.15, 0.2) is 0 Å². The summed E-state index contributed by atoms with van der Waals surface area (Å²) in [5.74, 6) is 0. The molecule has 0 fully saturated rings. The lowest BCUT2D eigenvalue weighted by Crippen LogP contribution is -2.49. The summed E-state index contributed by atoms with van der Waals surface area (Å²) in [6.45, 7) is 12.6. The largest absolute Gasteiger partial charge is 0.356 e. The molecule has 1 atom stereocenters. The minimum Gasteiger partial charge on any atom is -0.356 e. The minimum atomic E-state index is -0.0952. The number of methoxy groups -OCH3 is 1. The SMILES string of the molecule is CC[N+](CC)(CC)COC(C)OC. The Morgan fingerprint density at radius 3 is 1.85 bits per heavy atom. The second-order valence-electron chi connectivity index (χ2n) is 3.39. The summed E-state index contributed by atoms with van der Waals surface area (Å²) in [5.41, 5.74) is 0. The van der Waals surface area contributed by atoms with E-state index in [2.05, 4.69) is 20.8 Å². The minimum absolute atomic E-state index is 0.0952. The molecule has 3 heteroatoms. The molecule has 0 heterocycles. The Hall–Kier alpha value is -0.120. The molecule has 0 aliphatic carbocycles. The first-order chi connectivity index (χ1) is 6.14. The summed E-state index contributed by atoms with van der Waals surface area (Å²) in [7, 11) is 1.67. The van der Waals surface area contributed by atoms with Crippen LogP contribution in [0, 0.1) is 0 Å². The maximum atomic E-state index is 5.58. The van der Waals surface area contributed by atoms with Crippen molar-refractivity contribution < 1.29 is 14.0 Å². The van der Waals surface area contributed by atoms with Crippen molar-refractivity contribution in [2.24, 2.45) is 0 Å². The lowest BCUT2D eigenvalue weighted by Gasteiger charge is -2.35. The Morgan fingerprint density at radius 1 is 1.08 bits per heavy atom. The number of hydrogen-bond acceptors (Lipinski definition) is 2. The lowest BCUT2D eigenvalue weighted by atomic mass is 10.4. The van der Waals surface area contributed by atoms with Crippen molar-refractivity contribution in [3.8, 4) is 0 Å².